The monoisotopic (exact) mass is 286 g/mol. The van der Waals surface area contributed by atoms with Crippen molar-refractivity contribution in [3.63, 3.8) is 0 Å². The number of hydrogen-bond donors (Lipinski definition) is 0. The van der Waals surface area contributed by atoms with Crippen molar-refractivity contribution in [2.24, 2.45) is 0 Å². The summed E-state index contributed by atoms with van der Waals surface area (Å²) in [5.74, 6) is 0. The molecule has 0 unspecified atom stereocenters. The van der Waals surface area contributed by atoms with Gasteiger partial charge >= 0.3 is 19.5 Å². The SMILES string of the molecule is [O-]P([O-])([O-])=S.[O-]P([O-])([O-])=S.[Zn+2]. The zero-order valence-corrected chi connectivity index (χ0v) is 11.3. The van der Waals surface area contributed by atoms with Crippen LogP contribution in [0.2, 0.25) is 0 Å². The summed E-state index contributed by atoms with van der Waals surface area (Å²) < 4.78 is 0. The van der Waals surface area contributed by atoms with E-state index in [1.165, 1.54) is 0 Å². The smallest absolute Gasteiger partial charge is 0.844 e. The molecule has 6 nitrogen and oxygen atoms in total. The maximum Gasteiger partial charge on any atom is 2.00 e. The molecule has 0 rings (SSSR count). The molecule has 0 N–H and O–H groups in total. The van der Waals surface area contributed by atoms with Crippen LogP contribution in [-0.4, -0.2) is 0 Å². The van der Waals surface area contributed by atoms with E-state index in [1.807, 2.05) is 0 Å². The van der Waals surface area contributed by atoms with Gasteiger partial charge in [-0.1, -0.05) is 0 Å². The Kier molecular flexibility index (Phi) is 12.0. The summed E-state index contributed by atoms with van der Waals surface area (Å²) >= 11 is 6.54. The fourth-order valence-corrected chi connectivity index (χ4v) is 0. The van der Waals surface area contributed by atoms with E-state index < -0.39 is 13.4 Å². The molecule has 64 valence electrons. The van der Waals surface area contributed by atoms with Crippen LogP contribution in [0.15, 0.2) is 0 Å². The predicted molar refractivity (Wildman–Crippen MR) is 28.6 cm³/mol. The topological polar surface area (TPSA) is 138 Å². The summed E-state index contributed by atoms with van der Waals surface area (Å²) in [6, 6.07) is 0. The molecule has 0 aromatic carbocycles. The standard InChI is InChI=1S/2H3O3PS.Zn/c2*1-4(2,3)5;/h2*(H3,1,2,3,5);/q;;+2/p-6. The molecule has 0 bridgehead atoms. The van der Waals surface area contributed by atoms with Gasteiger partial charge in [0.2, 0.25) is 0 Å². The molecule has 11 heavy (non-hydrogen) atoms. The second-order valence-electron chi connectivity index (χ2n) is 0.894. The Morgan fingerprint density at radius 1 is 0.636 bits per heavy atom. The summed E-state index contributed by atoms with van der Waals surface area (Å²) in [7, 11) is 0. The third kappa shape index (κ3) is 387. The molecular formula is O6P2S2Zn-4. The van der Waals surface area contributed by atoms with Gasteiger partial charge in [0.25, 0.3) is 0 Å². The summed E-state index contributed by atoms with van der Waals surface area (Å²) in [4.78, 5) is 53.5. The van der Waals surface area contributed by atoms with E-state index in [0.717, 1.165) is 0 Å². The van der Waals surface area contributed by atoms with E-state index in [-0.39, 0.29) is 19.5 Å². The van der Waals surface area contributed by atoms with Crippen molar-refractivity contribution in [3.8, 4) is 0 Å². The first-order chi connectivity index (χ1) is 4.00. The second-order valence-corrected chi connectivity index (χ2v) is 5.37. The van der Waals surface area contributed by atoms with Gasteiger partial charge in [-0.3, -0.25) is 0 Å². The van der Waals surface area contributed by atoms with Crippen LogP contribution in [0.4, 0.5) is 0 Å². The zero-order chi connectivity index (χ0) is 9.00. The fourth-order valence-electron chi connectivity index (χ4n) is 0. The van der Waals surface area contributed by atoms with Crippen molar-refractivity contribution in [2.75, 3.05) is 0 Å². The van der Waals surface area contributed by atoms with Gasteiger partial charge in [-0.05, 0) is 0 Å². The first-order valence-electron chi connectivity index (χ1n) is 1.46. The van der Waals surface area contributed by atoms with Crippen LogP contribution >= 0.6 is 13.4 Å². The van der Waals surface area contributed by atoms with Crippen molar-refractivity contribution in [3.05, 3.63) is 0 Å². The molecule has 0 aliphatic heterocycles. The Morgan fingerprint density at radius 3 is 0.636 bits per heavy atom. The van der Waals surface area contributed by atoms with Crippen LogP contribution in [0.25, 0.3) is 0 Å². The quantitative estimate of drug-likeness (QED) is 0.318. The van der Waals surface area contributed by atoms with Crippen LogP contribution in [0.3, 0.4) is 0 Å². The minimum absolute atomic E-state index is 0. The third-order valence-electron chi connectivity index (χ3n) is 0. The Bertz CT molecular complexity index is 131. The molecule has 0 saturated heterocycles. The van der Waals surface area contributed by atoms with Gasteiger partial charge in [0.1, 0.15) is 0 Å². The molecule has 0 aromatic rings. The van der Waals surface area contributed by atoms with Crippen molar-refractivity contribution in [1.82, 2.24) is 0 Å². The van der Waals surface area contributed by atoms with E-state index in [2.05, 4.69) is 23.6 Å². The van der Waals surface area contributed by atoms with Crippen LogP contribution in [0, 0.1) is 0 Å². The van der Waals surface area contributed by atoms with Gasteiger partial charge in [-0.2, -0.15) is 23.6 Å². The Balaban J connectivity index is -0.000000107. The molecule has 11 heteroatoms. The zero-order valence-electron chi connectivity index (χ0n) is 4.87. The molecule has 0 aliphatic carbocycles. The van der Waals surface area contributed by atoms with Gasteiger partial charge in [-0.25, -0.2) is 0 Å². The molecular weight excluding hydrogens is 287 g/mol. The van der Waals surface area contributed by atoms with E-state index in [0.29, 0.717) is 0 Å². The molecule has 0 fully saturated rings. The summed E-state index contributed by atoms with van der Waals surface area (Å²) in [5.41, 5.74) is 0. The first-order valence-corrected chi connectivity index (χ1v) is 6.57. The van der Waals surface area contributed by atoms with Crippen molar-refractivity contribution in [2.45, 2.75) is 0 Å². The minimum Gasteiger partial charge on any atom is -0.844 e. The summed E-state index contributed by atoms with van der Waals surface area (Å²) in [5, 5.41) is 0. The van der Waals surface area contributed by atoms with Crippen LogP contribution < -0.4 is 29.4 Å². The average molecular weight is 287 g/mol. The molecule has 0 radical (unpaired) electrons. The van der Waals surface area contributed by atoms with Gasteiger partial charge in [0, 0.05) is 0 Å². The first kappa shape index (κ1) is 18.5. The maximum atomic E-state index is 8.92. The molecule has 0 amide bonds. The van der Waals surface area contributed by atoms with E-state index in [4.69, 9.17) is 29.4 Å². The van der Waals surface area contributed by atoms with E-state index in [9.17, 15) is 0 Å². The summed E-state index contributed by atoms with van der Waals surface area (Å²) in [6.45, 7) is -9.11. The molecule has 0 aromatic heterocycles. The van der Waals surface area contributed by atoms with Gasteiger partial charge in [0.15, 0.2) is 0 Å². The number of hydrogen-bond acceptors (Lipinski definition) is 8. The normalized spacial score (nSPS) is 10.7. The van der Waals surface area contributed by atoms with E-state index >= 15 is 0 Å². The average Bonchev–Trinajstić information content (AvgIpc) is 1.12. The van der Waals surface area contributed by atoms with Crippen LogP contribution in [0.1, 0.15) is 0 Å². The summed E-state index contributed by atoms with van der Waals surface area (Å²) in [6.07, 6.45) is 0. The molecule has 0 heterocycles. The minimum atomic E-state index is -4.56. The Labute approximate surface area is 85.8 Å². The molecule has 0 aliphatic rings. The predicted octanol–water partition coefficient (Wildman–Crippen LogP) is -5.42. The van der Waals surface area contributed by atoms with Crippen molar-refractivity contribution in [1.29, 1.82) is 0 Å². The molecule has 0 saturated carbocycles. The third-order valence-corrected chi connectivity index (χ3v) is 0. The second kappa shape index (κ2) is 7.12. The van der Waals surface area contributed by atoms with Gasteiger partial charge < -0.3 is 42.8 Å². The fraction of sp³-hybridized carbons (Fsp3) is 0. The largest absolute Gasteiger partial charge is 2.00 e. The van der Waals surface area contributed by atoms with Crippen molar-refractivity contribution >= 4 is 37.1 Å². The van der Waals surface area contributed by atoms with Crippen molar-refractivity contribution < 1.29 is 48.8 Å². The maximum absolute atomic E-state index is 8.92. The molecule has 0 spiro atoms. The Morgan fingerprint density at radius 2 is 0.636 bits per heavy atom. The molecule has 0 atom stereocenters. The van der Waals surface area contributed by atoms with E-state index in [1.54, 1.807) is 0 Å². The Hall–Kier alpha value is 1.68. The van der Waals surface area contributed by atoms with Crippen LogP contribution in [0.5, 0.6) is 0 Å². The van der Waals surface area contributed by atoms with Crippen LogP contribution in [-0.2, 0) is 43.1 Å². The van der Waals surface area contributed by atoms with Gasteiger partial charge in [-0.15, -0.1) is 0 Å². The number of rotatable bonds is 0. The van der Waals surface area contributed by atoms with Gasteiger partial charge in [0.05, 0.1) is 0 Å².